The van der Waals surface area contributed by atoms with Crippen molar-refractivity contribution < 1.29 is 0 Å². The lowest BCUT2D eigenvalue weighted by molar-refractivity contribution is 0.666. The number of hydrazine groups is 1. The van der Waals surface area contributed by atoms with Crippen molar-refractivity contribution in [2.75, 3.05) is 6.54 Å². The Balaban J connectivity index is -0.000000439. The fourth-order valence-corrected chi connectivity index (χ4v) is 1.09. The Morgan fingerprint density at radius 3 is 2.00 bits per heavy atom. The topological polar surface area (TPSA) is 50.1 Å². The molecule has 0 radical (unpaired) electrons. The molecular weight excluding hydrogens is 210 g/mol. The normalized spacial score (nSPS) is 9.47. The van der Waals surface area contributed by atoms with Gasteiger partial charge in [0.15, 0.2) is 0 Å². The van der Waals surface area contributed by atoms with Gasteiger partial charge < -0.3 is 10.7 Å². The fraction of sp³-hybridized carbons (Fsp3) is 0.857. The Morgan fingerprint density at radius 2 is 1.59 bits per heavy atom. The minimum Gasteiger partial charge on any atom is -0.389 e. The van der Waals surface area contributed by atoms with Crippen molar-refractivity contribution in [2.24, 2.45) is 5.84 Å². The first-order chi connectivity index (χ1) is 8.35. The van der Waals surface area contributed by atoms with E-state index in [9.17, 15) is 0 Å². The van der Waals surface area contributed by atoms with E-state index in [0.29, 0.717) is 0 Å². The Morgan fingerprint density at radius 1 is 1.00 bits per heavy atom. The smallest absolute Gasteiger partial charge is 0.0415 e. The molecule has 0 rings (SSSR count). The summed E-state index contributed by atoms with van der Waals surface area (Å²) in [7, 11) is 0. The third kappa shape index (κ3) is 21.2. The third-order valence-corrected chi connectivity index (χ3v) is 1.91. The first-order valence-corrected chi connectivity index (χ1v) is 7.24. The summed E-state index contributed by atoms with van der Waals surface area (Å²) in [5.41, 5.74) is 3.82. The van der Waals surface area contributed by atoms with Gasteiger partial charge in [0.2, 0.25) is 0 Å². The van der Waals surface area contributed by atoms with Crippen LogP contribution < -0.4 is 16.6 Å². The average molecular weight is 245 g/mol. The van der Waals surface area contributed by atoms with E-state index < -0.39 is 0 Å². The maximum absolute atomic E-state index is 5.38. The van der Waals surface area contributed by atoms with Gasteiger partial charge in [-0.2, -0.15) is 0 Å². The largest absolute Gasteiger partial charge is 0.389 e. The van der Waals surface area contributed by atoms with E-state index in [0.717, 1.165) is 25.1 Å². The molecule has 3 heteroatoms. The van der Waals surface area contributed by atoms with Crippen molar-refractivity contribution in [3.05, 3.63) is 11.9 Å². The van der Waals surface area contributed by atoms with Crippen LogP contribution in [0.1, 0.15) is 73.6 Å². The highest BCUT2D eigenvalue weighted by molar-refractivity contribution is 4.96. The SMILES string of the molecule is CC.CC.CCCCC/C(=C/NCCC)NN. The van der Waals surface area contributed by atoms with Crippen molar-refractivity contribution in [1.82, 2.24) is 10.7 Å². The molecule has 0 aliphatic carbocycles. The van der Waals surface area contributed by atoms with Crippen molar-refractivity contribution in [1.29, 1.82) is 0 Å². The van der Waals surface area contributed by atoms with Crippen LogP contribution in [0.15, 0.2) is 11.9 Å². The third-order valence-electron chi connectivity index (χ3n) is 1.91. The highest BCUT2D eigenvalue weighted by Gasteiger charge is 1.93. The molecule has 0 bridgehead atoms. The molecule has 106 valence electrons. The summed E-state index contributed by atoms with van der Waals surface area (Å²) in [6.45, 7) is 13.4. The molecule has 0 unspecified atom stereocenters. The standard InChI is InChI=1S/C10H23N3.2C2H6/c1-3-5-6-7-10(13-11)9-12-8-4-2;2*1-2/h9,12-13H,3-8,11H2,1-2H3;2*1-2H3/b10-9-;;. The minimum atomic E-state index is 1.01. The number of unbranched alkanes of at least 4 members (excludes halogenated alkanes) is 2. The van der Waals surface area contributed by atoms with E-state index in [-0.39, 0.29) is 0 Å². The van der Waals surface area contributed by atoms with Crippen molar-refractivity contribution in [3.63, 3.8) is 0 Å². The van der Waals surface area contributed by atoms with Crippen LogP contribution in [-0.4, -0.2) is 6.54 Å². The zero-order chi connectivity index (χ0) is 13.9. The number of allylic oxidation sites excluding steroid dienone is 1. The van der Waals surface area contributed by atoms with E-state index in [2.05, 4.69) is 24.6 Å². The molecule has 3 nitrogen and oxygen atoms in total. The molecule has 0 saturated carbocycles. The van der Waals surface area contributed by atoms with Crippen LogP contribution in [0.2, 0.25) is 0 Å². The van der Waals surface area contributed by atoms with Crippen LogP contribution in [0.3, 0.4) is 0 Å². The van der Waals surface area contributed by atoms with Gasteiger partial charge >= 0.3 is 0 Å². The zero-order valence-corrected chi connectivity index (χ0v) is 12.9. The summed E-state index contributed by atoms with van der Waals surface area (Å²) in [6.07, 6.45) is 7.90. The van der Waals surface area contributed by atoms with Crippen LogP contribution >= 0.6 is 0 Å². The molecule has 0 aliphatic rings. The molecule has 4 N–H and O–H groups in total. The highest BCUT2D eigenvalue weighted by Crippen LogP contribution is 2.04. The number of nitrogens with two attached hydrogens (primary N) is 1. The second kappa shape index (κ2) is 24.5. The number of nitrogens with one attached hydrogen (secondary N) is 2. The van der Waals surface area contributed by atoms with Crippen LogP contribution in [0.5, 0.6) is 0 Å². The second-order valence-corrected chi connectivity index (χ2v) is 3.23. The van der Waals surface area contributed by atoms with E-state index >= 15 is 0 Å². The Hall–Kier alpha value is -0.700. The summed E-state index contributed by atoms with van der Waals surface area (Å²) >= 11 is 0. The van der Waals surface area contributed by atoms with Gasteiger partial charge in [-0.15, -0.1) is 0 Å². The molecule has 0 atom stereocenters. The molecule has 0 aromatic carbocycles. The van der Waals surface area contributed by atoms with Crippen molar-refractivity contribution in [2.45, 2.75) is 73.6 Å². The van der Waals surface area contributed by atoms with Gasteiger partial charge in [-0.3, -0.25) is 5.84 Å². The molecule has 0 fully saturated rings. The number of hydrogen-bond acceptors (Lipinski definition) is 3. The molecule has 0 aliphatic heterocycles. The Bertz CT molecular complexity index is 133. The van der Waals surface area contributed by atoms with Gasteiger partial charge in [-0.1, -0.05) is 54.4 Å². The Kier molecular flexibility index (Phi) is 31.1. The van der Waals surface area contributed by atoms with Gasteiger partial charge in [0, 0.05) is 18.4 Å². The monoisotopic (exact) mass is 245 g/mol. The van der Waals surface area contributed by atoms with Gasteiger partial charge in [0.25, 0.3) is 0 Å². The summed E-state index contributed by atoms with van der Waals surface area (Å²) in [4.78, 5) is 0. The maximum Gasteiger partial charge on any atom is 0.0415 e. The summed E-state index contributed by atoms with van der Waals surface area (Å²) in [5, 5.41) is 3.21. The van der Waals surface area contributed by atoms with Gasteiger partial charge in [0.1, 0.15) is 0 Å². The lowest BCUT2D eigenvalue weighted by Gasteiger charge is -2.06. The molecule has 0 aromatic heterocycles. The van der Waals surface area contributed by atoms with Crippen LogP contribution in [-0.2, 0) is 0 Å². The molecule has 0 saturated heterocycles. The molecule has 17 heavy (non-hydrogen) atoms. The predicted octanol–water partition coefficient (Wildman–Crippen LogP) is 3.92. The zero-order valence-electron chi connectivity index (χ0n) is 12.9. The fourth-order valence-electron chi connectivity index (χ4n) is 1.09. The van der Waals surface area contributed by atoms with Gasteiger partial charge in [0.05, 0.1) is 0 Å². The second-order valence-electron chi connectivity index (χ2n) is 3.23. The van der Waals surface area contributed by atoms with Crippen molar-refractivity contribution >= 4 is 0 Å². The van der Waals surface area contributed by atoms with E-state index in [1.807, 2.05) is 33.9 Å². The lowest BCUT2D eigenvalue weighted by Crippen LogP contribution is -2.23. The van der Waals surface area contributed by atoms with E-state index in [1.54, 1.807) is 0 Å². The number of rotatable bonds is 8. The lowest BCUT2D eigenvalue weighted by atomic mass is 10.2. The van der Waals surface area contributed by atoms with Crippen molar-refractivity contribution in [3.8, 4) is 0 Å². The molecule has 0 aromatic rings. The summed E-state index contributed by atoms with van der Waals surface area (Å²) in [6, 6.07) is 0. The van der Waals surface area contributed by atoms with E-state index in [4.69, 9.17) is 5.84 Å². The molecular formula is C14H35N3. The average Bonchev–Trinajstić information content (AvgIpc) is 2.42. The molecule has 0 amide bonds. The van der Waals surface area contributed by atoms with Gasteiger partial charge in [-0.05, 0) is 19.3 Å². The molecule has 0 heterocycles. The van der Waals surface area contributed by atoms with Crippen LogP contribution in [0.4, 0.5) is 0 Å². The van der Waals surface area contributed by atoms with E-state index in [1.165, 1.54) is 19.3 Å². The summed E-state index contributed by atoms with van der Waals surface area (Å²) in [5.74, 6) is 5.38. The number of hydrogen-bond donors (Lipinski definition) is 3. The minimum absolute atomic E-state index is 1.01. The first kappa shape index (κ1) is 21.6. The molecule has 0 spiro atoms. The van der Waals surface area contributed by atoms with Crippen LogP contribution in [0.25, 0.3) is 0 Å². The highest BCUT2D eigenvalue weighted by atomic mass is 15.2. The maximum atomic E-state index is 5.38. The van der Waals surface area contributed by atoms with Gasteiger partial charge in [-0.25, -0.2) is 0 Å². The summed E-state index contributed by atoms with van der Waals surface area (Å²) < 4.78 is 0. The quantitative estimate of drug-likeness (QED) is 0.345. The predicted molar refractivity (Wildman–Crippen MR) is 80.5 cm³/mol. The van der Waals surface area contributed by atoms with Crippen LogP contribution in [0, 0.1) is 0 Å². The Labute approximate surface area is 109 Å². The first-order valence-electron chi connectivity index (χ1n) is 7.24.